The lowest BCUT2D eigenvalue weighted by Crippen LogP contribution is -2.31. The molecule has 3 N–H and O–H groups in total. The Bertz CT molecular complexity index is 897. The summed E-state index contributed by atoms with van der Waals surface area (Å²) in [4.78, 5) is 39.1. The van der Waals surface area contributed by atoms with Crippen molar-refractivity contribution >= 4 is 34.8 Å². The van der Waals surface area contributed by atoms with E-state index in [1.807, 2.05) is 18.2 Å². The number of hydrogen-bond acceptors (Lipinski definition) is 3. The molecule has 3 aliphatic carbocycles. The highest BCUT2D eigenvalue weighted by Gasteiger charge is 2.32. The van der Waals surface area contributed by atoms with E-state index in [1.54, 1.807) is 0 Å². The standard InChI is InChI=1S/C31H47N3O3/c1-31(2,3)24-16-14-23(15-17-24)30(37)34-27-19-25(32-28(35)21-10-6-4-7-11-21)18-26(20-27)33-29(36)22-12-8-5-9-13-22/h18-24H,4-17H2,1-3H3,(H,32,35)(H,33,36)(H,34,37). The molecule has 3 amide bonds. The fourth-order valence-electron chi connectivity index (χ4n) is 6.53. The monoisotopic (exact) mass is 509 g/mol. The largest absolute Gasteiger partial charge is 0.326 e. The zero-order valence-electron chi connectivity index (χ0n) is 23.2. The van der Waals surface area contributed by atoms with Crippen LogP contribution in [-0.2, 0) is 14.4 Å². The maximum absolute atomic E-state index is 13.2. The number of benzene rings is 1. The predicted octanol–water partition coefficient (Wildman–Crippen LogP) is 7.52. The molecule has 3 fully saturated rings. The van der Waals surface area contributed by atoms with Crippen molar-refractivity contribution in [3.63, 3.8) is 0 Å². The van der Waals surface area contributed by atoms with Gasteiger partial charge < -0.3 is 16.0 Å². The van der Waals surface area contributed by atoms with Gasteiger partial charge in [0.25, 0.3) is 0 Å². The SMILES string of the molecule is CC(C)(C)C1CCC(C(=O)Nc2cc(NC(=O)C3CCCCC3)cc(NC(=O)C3CCCCC3)c2)CC1. The van der Waals surface area contributed by atoms with Crippen molar-refractivity contribution < 1.29 is 14.4 Å². The molecule has 0 atom stereocenters. The van der Waals surface area contributed by atoms with Crippen LogP contribution < -0.4 is 16.0 Å². The molecule has 3 saturated carbocycles. The predicted molar refractivity (Wildman–Crippen MR) is 150 cm³/mol. The van der Waals surface area contributed by atoms with Crippen LogP contribution >= 0.6 is 0 Å². The third kappa shape index (κ3) is 7.81. The van der Waals surface area contributed by atoms with E-state index in [4.69, 9.17) is 0 Å². The molecule has 37 heavy (non-hydrogen) atoms. The summed E-state index contributed by atoms with van der Waals surface area (Å²) in [6, 6.07) is 5.48. The van der Waals surface area contributed by atoms with Gasteiger partial charge in [-0.1, -0.05) is 59.3 Å². The fraction of sp³-hybridized carbons (Fsp3) is 0.710. The number of nitrogens with one attached hydrogen (secondary N) is 3. The first-order chi connectivity index (χ1) is 17.7. The lowest BCUT2D eigenvalue weighted by Gasteiger charge is -2.36. The van der Waals surface area contributed by atoms with Crippen LogP contribution in [0.15, 0.2) is 18.2 Å². The highest BCUT2D eigenvalue weighted by atomic mass is 16.2. The molecule has 1 aromatic carbocycles. The summed E-state index contributed by atoms with van der Waals surface area (Å²) in [5.41, 5.74) is 2.16. The summed E-state index contributed by atoms with van der Waals surface area (Å²) in [6.07, 6.45) is 14.4. The molecule has 6 heteroatoms. The summed E-state index contributed by atoms with van der Waals surface area (Å²) in [6.45, 7) is 6.86. The van der Waals surface area contributed by atoms with Crippen LogP contribution in [0.5, 0.6) is 0 Å². The number of carbonyl (C=O) groups excluding carboxylic acids is 3. The molecule has 0 radical (unpaired) electrons. The van der Waals surface area contributed by atoms with E-state index in [2.05, 4.69) is 36.7 Å². The first-order valence-electron chi connectivity index (χ1n) is 14.8. The number of hydrogen-bond donors (Lipinski definition) is 3. The molecular formula is C31H47N3O3. The Labute approximate surface area is 223 Å². The van der Waals surface area contributed by atoms with Gasteiger partial charge in [-0.2, -0.15) is 0 Å². The molecular weight excluding hydrogens is 462 g/mol. The zero-order chi connectivity index (χ0) is 26.4. The second kappa shape index (κ2) is 12.4. The molecule has 0 heterocycles. The summed E-state index contributed by atoms with van der Waals surface area (Å²) >= 11 is 0. The van der Waals surface area contributed by atoms with E-state index < -0.39 is 0 Å². The minimum Gasteiger partial charge on any atom is -0.326 e. The number of rotatable bonds is 6. The van der Waals surface area contributed by atoms with Crippen LogP contribution in [0.2, 0.25) is 0 Å². The van der Waals surface area contributed by atoms with E-state index in [0.717, 1.165) is 77.0 Å². The Balaban J connectivity index is 1.46. The normalized spacial score (nSPS) is 23.8. The number of anilines is 3. The molecule has 0 unspecified atom stereocenters. The van der Waals surface area contributed by atoms with E-state index in [1.165, 1.54) is 12.8 Å². The van der Waals surface area contributed by atoms with Crippen molar-refractivity contribution in [3.8, 4) is 0 Å². The molecule has 0 bridgehead atoms. The average Bonchev–Trinajstić information content (AvgIpc) is 2.89. The molecule has 4 rings (SSSR count). The smallest absolute Gasteiger partial charge is 0.227 e. The minimum absolute atomic E-state index is 0.000587. The lowest BCUT2D eigenvalue weighted by atomic mass is 9.69. The summed E-state index contributed by atoms with van der Waals surface area (Å²) in [5, 5.41) is 9.27. The molecule has 0 aliphatic heterocycles. The van der Waals surface area contributed by atoms with Gasteiger partial charge in [0.2, 0.25) is 17.7 Å². The van der Waals surface area contributed by atoms with Crippen molar-refractivity contribution in [2.75, 3.05) is 16.0 Å². The van der Waals surface area contributed by atoms with Gasteiger partial charge in [-0.25, -0.2) is 0 Å². The van der Waals surface area contributed by atoms with Crippen LogP contribution in [0.1, 0.15) is 111 Å². The average molecular weight is 510 g/mol. The van der Waals surface area contributed by atoms with Gasteiger partial charge >= 0.3 is 0 Å². The number of carbonyl (C=O) groups is 3. The van der Waals surface area contributed by atoms with Gasteiger partial charge in [0, 0.05) is 34.8 Å². The van der Waals surface area contributed by atoms with Gasteiger partial charge in [0.05, 0.1) is 0 Å². The lowest BCUT2D eigenvalue weighted by molar-refractivity contribution is -0.121. The molecule has 204 valence electrons. The first-order valence-corrected chi connectivity index (χ1v) is 14.8. The van der Waals surface area contributed by atoms with E-state index in [-0.39, 0.29) is 40.9 Å². The van der Waals surface area contributed by atoms with E-state index in [0.29, 0.717) is 23.0 Å². The molecule has 0 aromatic heterocycles. The second-order valence-electron chi connectivity index (χ2n) is 12.9. The van der Waals surface area contributed by atoms with Gasteiger partial charge in [-0.3, -0.25) is 14.4 Å². The summed E-state index contributed by atoms with van der Waals surface area (Å²) in [7, 11) is 0. The van der Waals surface area contributed by atoms with Crippen molar-refractivity contribution in [2.45, 2.75) is 111 Å². The first kappa shape index (κ1) is 27.7. The van der Waals surface area contributed by atoms with Crippen LogP contribution in [0.3, 0.4) is 0 Å². The third-order valence-electron chi connectivity index (χ3n) is 9.01. The van der Waals surface area contributed by atoms with Crippen LogP contribution in [0.4, 0.5) is 17.1 Å². The Morgan fingerprint density at radius 2 is 0.865 bits per heavy atom. The topological polar surface area (TPSA) is 87.3 Å². The van der Waals surface area contributed by atoms with Crippen molar-refractivity contribution in [1.29, 1.82) is 0 Å². The summed E-state index contributed by atoms with van der Waals surface area (Å²) < 4.78 is 0. The highest BCUT2D eigenvalue weighted by molar-refractivity contribution is 5.99. The van der Waals surface area contributed by atoms with Crippen LogP contribution in [0.25, 0.3) is 0 Å². The minimum atomic E-state index is -0.000587. The van der Waals surface area contributed by atoms with Crippen molar-refractivity contribution in [2.24, 2.45) is 29.1 Å². The van der Waals surface area contributed by atoms with Crippen molar-refractivity contribution in [3.05, 3.63) is 18.2 Å². The van der Waals surface area contributed by atoms with E-state index >= 15 is 0 Å². The fourth-order valence-corrected chi connectivity index (χ4v) is 6.53. The van der Waals surface area contributed by atoms with Gasteiger partial charge in [0.15, 0.2) is 0 Å². The number of amides is 3. The molecule has 0 saturated heterocycles. The van der Waals surface area contributed by atoms with Gasteiger partial charge in [-0.15, -0.1) is 0 Å². The Morgan fingerprint density at radius 3 is 1.19 bits per heavy atom. The maximum Gasteiger partial charge on any atom is 0.227 e. The van der Waals surface area contributed by atoms with Crippen molar-refractivity contribution in [1.82, 2.24) is 0 Å². The Kier molecular flexibility index (Phi) is 9.31. The van der Waals surface area contributed by atoms with Crippen LogP contribution in [-0.4, -0.2) is 17.7 Å². The van der Waals surface area contributed by atoms with Gasteiger partial charge in [0.1, 0.15) is 0 Å². The molecule has 0 spiro atoms. The molecule has 3 aliphatic rings. The second-order valence-corrected chi connectivity index (χ2v) is 12.9. The summed E-state index contributed by atoms with van der Waals surface area (Å²) in [5.74, 6) is 0.820. The van der Waals surface area contributed by atoms with Gasteiger partial charge in [-0.05, 0) is 80.9 Å². The highest BCUT2D eigenvalue weighted by Crippen LogP contribution is 2.40. The third-order valence-corrected chi connectivity index (χ3v) is 9.01. The Hall–Kier alpha value is -2.37. The molecule has 1 aromatic rings. The molecule has 6 nitrogen and oxygen atoms in total. The van der Waals surface area contributed by atoms with Crippen LogP contribution in [0, 0.1) is 29.1 Å². The van der Waals surface area contributed by atoms with E-state index in [9.17, 15) is 14.4 Å². The maximum atomic E-state index is 13.2. The quantitative estimate of drug-likeness (QED) is 0.371. The zero-order valence-corrected chi connectivity index (χ0v) is 23.2. The Morgan fingerprint density at radius 1 is 0.541 bits per heavy atom.